The van der Waals surface area contributed by atoms with E-state index >= 15 is 0 Å². The summed E-state index contributed by atoms with van der Waals surface area (Å²) in [5, 5.41) is 3.27. The normalized spacial score (nSPS) is 10.9. The number of hydrogen-bond acceptors (Lipinski definition) is 4. The van der Waals surface area contributed by atoms with Gasteiger partial charge in [-0.2, -0.15) is 0 Å². The summed E-state index contributed by atoms with van der Waals surface area (Å²) >= 11 is 3.29. The minimum atomic E-state index is 0.578. The molecule has 5 heteroatoms. The number of hydrogen-bond donors (Lipinski definition) is 1. The molecule has 1 N–H and O–H groups in total. The Morgan fingerprint density at radius 2 is 2.31 bits per heavy atom. The predicted octanol–water partition coefficient (Wildman–Crippen LogP) is 3.20. The summed E-state index contributed by atoms with van der Waals surface area (Å²) in [5.41, 5.74) is 1.73. The first-order chi connectivity index (χ1) is 7.81. The zero-order valence-corrected chi connectivity index (χ0v) is 10.6. The third-order valence-corrected chi connectivity index (χ3v) is 2.75. The van der Waals surface area contributed by atoms with E-state index in [-0.39, 0.29) is 0 Å². The molecule has 0 unspecified atom stereocenters. The van der Waals surface area contributed by atoms with Gasteiger partial charge in [0.05, 0.1) is 17.5 Å². The Morgan fingerprint density at radius 3 is 3.00 bits per heavy atom. The van der Waals surface area contributed by atoms with Crippen molar-refractivity contribution in [1.82, 2.24) is 10.3 Å². The fourth-order valence-electron chi connectivity index (χ4n) is 1.35. The average molecular weight is 285 g/mol. The SMILES string of the molecule is CCCNCc1coc(-c2ccoc2Br)n1. The molecule has 2 aromatic heterocycles. The standard InChI is InChI=1S/C11H13BrN2O2/c1-2-4-13-6-8-7-16-11(14-8)9-3-5-15-10(9)12/h3,5,7,13H,2,4,6H2,1H3. The number of rotatable bonds is 5. The number of halogens is 1. The van der Waals surface area contributed by atoms with Gasteiger partial charge in [-0.05, 0) is 35.0 Å². The first kappa shape index (κ1) is 11.4. The van der Waals surface area contributed by atoms with Crippen molar-refractivity contribution in [3.63, 3.8) is 0 Å². The van der Waals surface area contributed by atoms with E-state index < -0.39 is 0 Å². The van der Waals surface area contributed by atoms with Gasteiger partial charge in [0.15, 0.2) is 4.67 Å². The maximum Gasteiger partial charge on any atom is 0.230 e. The highest BCUT2D eigenvalue weighted by atomic mass is 79.9. The van der Waals surface area contributed by atoms with E-state index in [1.807, 2.05) is 6.07 Å². The lowest BCUT2D eigenvalue weighted by Gasteiger charge is -1.96. The Hall–Kier alpha value is -1.07. The lowest BCUT2D eigenvalue weighted by molar-refractivity contribution is 0.535. The molecular weight excluding hydrogens is 272 g/mol. The summed E-state index contributed by atoms with van der Waals surface area (Å²) in [5.74, 6) is 0.578. The van der Waals surface area contributed by atoms with Crippen molar-refractivity contribution in [3.8, 4) is 11.5 Å². The fraction of sp³-hybridized carbons (Fsp3) is 0.364. The first-order valence-corrected chi connectivity index (χ1v) is 5.99. The van der Waals surface area contributed by atoms with E-state index in [1.54, 1.807) is 12.5 Å². The summed E-state index contributed by atoms with van der Waals surface area (Å²) in [6.07, 6.45) is 4.37. The summed E-state index contributed by atoms with van der Waals surface area (Å²) in [7, 11) is 0. The van der Waals surface area contributed by atoms with Gasteiger partial charge in [0, 0.05) is 6.54 Å². The third-order valence-electron chi connectivity index (χ3n) is 2.13. The van der Waals surface area contributed by atoms with E-state index in [9.17, 15) is 0 Å². The predicted molar refractivity (Wildman–Crippen MR) is 63.9 cm³/mol. The zero-order chi connectivity index (χ0) is 11.4. The van der Waals surface area contributed by atoms with E-state index in [2.05, 4.69) is 33.2 Å². The molecule has 0 amide bonds. The molecule has 0 saturated carbocycles. The number of nitrogens with one attached hydrogen (secondary N) is 1. The van der Waals surface area contributed by atoms with Crippen molar-refractivity contribution >= 4 is 15.9 Å². The van der Waals surface area contributed by atoms with E-state index in [0.717, 1.165) is 30.8 Å². The Bertz CT molecular complexity index is 450. The molecule has 0 spiro atoms. The summed E-state index contributed by atoms with van der Waals surface area (Å²) < 4.78 is 11.1. The maximum absolute atomic E-state index is 5.38. The second-order valence-corrected chi connectivity index (χ2v) is 4.15. The molecule has 2 aromatic rings. The van der Waals surface area contributed by atoms with Crippen molar-refractivity contribution < 1.29 is 8.83 Å². The zero-order valence-electron chi connectivity index (χ0n) is 9.00. The van der Waals surface area contributed by atoms with Crippen molar-refractivity contribution in [2.45, 2.75) is 19.9 Å². The first-order valence-electron chi connectivity index (χ1n) is 5.19. The van der Waals surface area contributed by atoms with Crippen LogP contribution >= 0.6 is 15.9 Å². The van der Waals surface area contributed by atoms with Gasteiger partial charge in [0.1, 0.15) is 6.26 Å². The van der Waals surface area contributed by atoms with Crippen molar-refractivity contribution in [2.75, 3.05) is 6.54 Å². The van der Waals surface area contributed by atoms with Crippen LogP contribution in [-0.2, 0) is 6.54 Å². The Kier molecular flexibility index (Phi) is 3.79. The monoisotopic (exact) mass is 284 g/mol. The highest BCUT2D eigenvalue weighted by Crippen LogP contribution is 2.28. The summed E-state index contributed by atoms with van der Waals surface area (Å²) in [4.78, 5) is 4.37. The van der Waals surface area contributed by atoms with Crippen LogP contribution in [0.4, 0.5) is 0 Å². The van der Waals surface area contributed by atoms with E-state index in [0.29, 0.717) is 10.6 Å². The van der Waals surface area contributed by atoms with Crippen LogP contribution in [0, 0.1) is 0 Å². The molecule has 0 aromatic carbocycles. The van der Waals surface area contributed by atoms with Crippen LogP contribution in [0.15, 0.2) is 32.1 Å². The molecule has 0 atom stereocenters. The third kappa shape index (κ3) is 2.54. The van der Waals surface area contributed by atoms with E-state index in [4.69, 9.17) is 8.83 Å². The van der Waals surface area contributed by atoms with Crippen molar-refractivity contribution in [1.29, 1.82) is 0 Å². The smallest absolute Gasteiger partial charge is 0.230 e. The Balaban J connectivity index is 2.05. The highest BCUT2D eigenvalue weighted by Gasteiger charge is 2.11. The maximum atomic E-state index is 5.38. The van der Waals surface area contributed by atoms with Crippen LogP contribution in [0.3, 0.4) is 0 Å². The van der Waals surface area contributed by atoms with Gasteiger partial charge < -0.3 is 14.2 Å². The van der Waals surface area contributed by atoms with Crippen LogP contribution in [0.5, 0.6) is 0 Å². The number of nitrogens with zero attached hydrogens (tertiary/aromatic N) is 1. The molecule has 4 nitrogen and oxygen atoms in total. The molecular formula is C11H13BrN2O2. The van der Waals surface area contributed by atoms with Gasteiger partial charge in [-0.3, -0.25) is 0 Å². The number of aromatic nitrogens is 1. The molecule has 0 aliphatic heterocycles. The molecule has 2 rings (SSSR count). The molecule has 86 valence electrons. The topological polar surface area (TPSA) is 51.2 Å². The molecule has 0 fully saturated rings. The van der Waals surface area contributed by atoms with Gasteiger partial charge in [0.2, 0.25) is 5.89 Å². The molecule has 0 aliphatic rings. The average Bonchev–Trinajstić information content (AvgIpc) is 2.87. The minimum absolute atomic E-state index is 0.578. The quantitative estimate of drug-likeness (QED) is 0.857. The number of oxazole rings is 1. The van der Waals surface area contributed by atoms with Gasteiger partial charge in [0.25, 0.3) is 0 Å². The van der Waals surface area contributed by atoms with Crippen molar-refractivity contribution in [2.24, 2.45) is 0 Å². The largest absolute Gasteiger partial charge is 0.457 e. The molecule has 0 saturated heterocycles. The molecule has 0 radical (unpaired) electrons. The van der Waals surface area contributed by atoms with Gasteiger partial charge in [-0.15, -0.1) is 0 Å². The van der Waals surface area contributed by atoms with Crippen LogP contribution in [0.2, 0.25) is 0 Å². The van der Waals surface area contributed by atoms with E-state index in [1.165, 1.54) is 0 Å². The second-order valence-electron chi connectivity index (χ2n) is 3.43. The Morgan fingerprint density at radius 1 is 1.44 bits per heavy atom. The van der Waals surface area contributed by atoms with Gasteiger partial charge >= 0.3 is 0 Å². The highest BCUT2D eigenvalue weighted by molar-refractivity contribution is 9.10. The van der Waals surface area contributed by atoms with Crippen molar-refractivity contribution in [3.05, 3.63) is 29.0 Å². The van der Waals surface area contributed by atoms with Crippen LogP contribution in [0.25, 0.3) is 11.5 Å². The molecule has 16 heavy (non-hydrogen) atoms. The second kappa shape index (κ2) is 5.32. The molecule has 0 bridgehead atoms. The van der Waals surface area contributed by atoms with Crippen LogP contribution in [0.1, 0.15) is 19.0 Å². The van der Waals surface area contributed by atoms with Crippen LogP contribution in [-0.4, -0.2) is 11.5 Å². The molecule has 2 heterocycles. The number of furan rings is 1. The fourth-order valence-corrected chi connectivity index (χ4v) is 1.76. The summed E-state index contributed by atoms with van der Waals surface area (Å²) in [6, 6.07) is 1.82. The lowest BCUT2D eigenvalue weighted by Crippen LogP contribution is -2.13. The minimum Gasteiger partial charge on any atom is -0.457 e. The molecule has 0 aliphatic carbocycles. The van der Waals surface area contributed by atoms with Gasteiger partial charge in [-0.25, -0.2) is 4.98 Å². The lowest BCUT2D eigenvalue weighted by atomic mass is 10.3. The summed E-state index contributed by atoms with van der Waals surface area (Å²) in [6.45, 7) is 3.84. The van der Waals surface area contributed by atoms with Crippen LogP contribution < -0.4 is 5.32 Å². The van der Waals surface area contributed by atoms with Gasteiger partial charge in [-0.1, -0.05) is 6.92 Å². The Labute approximate surface area is 102 Å².